The van der Waals surface area contributed by atoms with Crippen molar-refractivity contribution in [3.63, 3.8) is 0 Å². The molecule has 8 heteroatoms. The predicted octanol–water partition coefficient (Wildman–Crippen LogP) is 0.907. The van der Waals surface area contributed by atoms with Crippen LogP contribution in [0.2, 0.25) is 0 Å². The van der Waals surface area contributed by atoms with E-state index in [1.54, 1.807) is 6.07 Å². The van der Waals surface area contributed by atoms with Gasteiger partial charge in [-0.15, -0.1) is 11.3 Å². The maximum absolute atomic E-state index is 12.1. The number of nitrogens with two attached hydrogens (primary N) is 1. The van der Waals surface area contributed by atoms with Crippen LogP contribution < -0.4 is 16.0 Å². The van der Waals surface area contributed by atoms with Crippen molar-refractivity contribution in [1.29, 1.82) is 0 Å². The summed E-state index contributed by atoms with van der Waals surface area (Å²) >= 11 is 1.49. The van der Waals surface area contributed by atoms with Gasteiger partial charge in [-0.05, 0) is 23.6 Å². The van der Waals surface area contributed by atoms with Crippen LogP contribution in [0.4, 0.5) is 5.82 Å². The molecule has 0 spiro atoms. The Labute approximate surface area is 109 Å². The van der Waals surface area contributed by atoms with Gasteiger partial charge in [0.2, 0.25) is 10.0 Å². The van der Waals surface area contributed by atoms with Gasteiger partial charge < -0.3 is 5.43 Å². The van der Waals surface area contributed by atoms with Crippen LogP contribution >= 0.6 is 11.3 Å². The monoisotopic (exact) mass is 284 g/mol. The zero-order valence-corrected chi connectivity index (χ0v) is 11.0. The topological polar surface area (TPSA) is 97.1 Å². The third kappa shape index (κ3) is 2.85. The lowest BCUT2D eigenvalue weighted by atomic mass is 10.5. The number of rotatable bonds is 5. The van der Waals surface area contributed by atoms with Crippen molar-refractivity contribution in [2.75, 3.05) is 5.43 Å². The maximum Gasteiger partial charge on any atom is 0.244 e. The number of nitrogen functional groups attached to an aromatic ring is 1. The fraction of sp³-hybridized carbons (Fsp3) is 0.100. The number of hydrazine groups is 1. The number of aromatic nitrogens is 1. The summed E-state index contributed by atoms with van der Waals surface area (Å²) in [6.07, 6.45) is 1.47. The molecule has 0 saturated heterocycles. The summed E-state index contributed by atoms with van der Waals surface area (Å²) in [5.74, 6) is 5.36. The van der Waals surface area contributed by atoms with Gasteiger partial charge in [-0.3, -0.25) is 0 Å². The average molecular weight is 284 g/mol. The second-order valence-electron chi connectivity index (χ2n) is 3.40. The SMILES string of the molecule is NNc1ncccc1S(=O)(=O)NCc1cccs1. The van der Waals surface area contributed by atoms with E-state index in [2.05, 4.69) is 15.1 Å². The van der Waals surface area contributed by atoms with E-state index in [4.69, 9.17) is 5.84 Å². The molecule has 96 valence electrons. The van der Waals surface area contributed by atoms with Crippen LogP contribution in [0.5, 0.6) is 0 Å². The highest BCUT2D eigenvalue weighted by Gasteiger charge is 2.18. The lowest BCUT2D eigenvalue weighted by Crippen LogP contribution is -2.25. The molecular weight excluding hydrogens is 272 g/mol. The number of nitrogens with zero attached hydrogens (tertiary/aromatic N) is 1. The zero-order chi connectivity index (χ0) is 13.0. The lowest BCUT2D eigenvalue weighted by molar-refractivity contribution is 0.581. The number of hydrogen-bond acceptors (Lipinski definition) is 6. The third-order valence-electron chi connectivity index (χ3n) is 2.21. The van der Waals surface area contributed by atoms with Crippen molar-refractivity contribution in [3.8, 4) is 0 Å². The molecule has 0 aliphatic carbocycles. The molecular formula is C10H12N4O2S2. The van der Waals surface area contributed by atoms with Gasteiger partial charge in [0.15, 0.2) is 5.82 Å². The number of sulfonamides is 1. The first kappa shape index (κ1) is 13.0. The molecule has 0 amide bonds. The first-order valence-corrected chi connectivity index (χ1v) is 7.43. The number of nitrogens with one attached hydrogen (secondary N) is 2. The molecule has 0 aliphatic heterocycles. The Bertz CT molecular complexity index is 611. The summed E-state index contributed by atoms with van der Waals surface area (Å²) in [7, 11) is -3.63. The average Bonchev–Trinajstić information content (AvgIpc) is 2.89. The van der Waals surface area contributed by atoms with Crippen molar-refractivity contribution in [3.05, 3.63) is 40.7 Å². The molecule has 2 rings (SSSR count). The molecule has 2 heterocycles. The van der Waals surface area contributed by atoms with Crippen molar-refractivity contribution in [2.45, 2.75) is 11.4 Å². The van der Waals surface area contributed by atoms with Gasteiger partial charge in [0.1, 0.15) is 4.90 Å². The Kier molecular flexibility index (Phi) is 3.92. The van der Waals surface area contributed by atoms with E-state index in [-0.39, 0.29) is 17.3 Å². The second kappa shape index (κ2) is 5.44. The Hall–Kier alpha value is -1.48. The Morgan fingerprint density at radius 3 is 2.83 bits per heavy atom. The molecule has 2 aromatic rings. The van der Waals surface area contributed by atoms with Crippen molar-refractivity contribution < 1.29 is 8.42 Å². The molecule has 4 N–H and O–H groups in total. The van der Waals surface area contributed by atoms with E-state index < -0.39 is 10.0 Å². The molecule has 2 aromatic heterocycles. The number of hydrogen-bond donors (Lipinski definition) is 3. The molecule has 0 radical (unpaired) electrons. The summed E-state index contributed by atoms with van der Waals surface area (Å²) in [6, 6.07) is 6.71. The molecule has 0 aromatic carbocycles. The fourth-order valence-electron chi connectivity index (χ4n) is 1.37. The van der Waals surface area contributed by atoms with Gasteiger partial charge in [-0.25, -0.2) is 24.0 Å². The highest BCUT2D eigenvalue weighted by atomic mass is 32.2. The maximum atomic E-state index is 12.1. The standard InChI is InChI=1S/C10H12N4O2S2/c11-14-10-9(4-1-5-12-10)18(15,16)13-7-8-3-2-6-17-8/h1-6,13H,7,11H2,(H,12,14). The predicted molar refractivity (Wildman–Crippen MR) is 70.4 cm³/mol. The lowest BCUT2D eigenvalue weighted by Gasteiger charge is -2.09. The van der Waals surface area contributed by atoms with E-state index in [1.165, 1.54) is 23.6 Å². The summed E-state index contributed by atoms with van der Waals surface area (Å²) in [4.78, 5) is 4.82. The van der Waals surface area contributed by atoms with Crippen LogP contribution in [0.3, 0.4) is 0 Å². The van der Waals surface area contributed by atoms with E-state index >= 15 is 0 Å². The van der Waals surface area contributed by atoms with E-state index in [9.17, 15) is 8.42 Å². The molecule has 6 nitrogen and oxygen atoms in total. The first-order valence-electron chi connectivity index (χ1n) is 5.07. The second-order valence-corrected chi connectivity index (χ2v) is 6.17. The first-order chi connectivity index (χ1) is 8.63. The van der Waals surface area contributed by atoms with Gasteiger partial charge in [-0.1, -0.05) is 6.07 Å². The highest BCUT2D eigenvalue weighted by molar-refractivity contribution is 7.89. The van der Waals surface area contributed by atoms with Crippen LogP contribution in [0, 0.1) is 0 Å². The van der Waals surface area contributed by atoms with Crippen LogP contribution in [-0.2, 0) is 16.6 Å². The van der Waals surface area contributed by atoms with E-state index in [1.807, 2.05) is 17.5 Å². The fourth-order valence-corrected chi connectivity index (χ4v) is 3.23. The molecule has 18 heavy (non-hydrogen) atoms. The van der Waals surface area contributed by atoms with Gasteiger partial charge in [-0.2, -0.15) is 0 Å². The molecule has 0 saturated carbocycles. The molecule has 0 fully saturated rings. The van der Waals surface area contributed by atoms with Gasteiger partial charge in [0.25, 0.3) is 0 Å². The number of pyridine rings is 1. The summed E-state index contributed by atoms with van der Waals surface area (Å²) in [5.41, 5.74) is 2.27. The Morgan fingerprint density at radius 1 is 1.33 bits per heavy atom. The minimum atomic E-state index is -3.63. The van der Waals surface area contributed by atoms with Crippen LogP contribution in [0.1, 0.15) is 4.88 Å². The van der Waals surface area contributed by atoms with Crippen LogP contribution in [0.25, 0.3) is 0 Å². The van der Waals surface area contributed by atoms with Gasteiger partial charge in [0.05, 0.1) is 0 Å². The van der Waals surface area contributed by atoms with Crippen molar-refractivity contribution >= 4 is 27.2 Å². The van der Waals surface area contributed by atoms with Crippen LogP contribution in [0.15, 0.2) is 40.7 Å². The minimum Gasteiger partial charge on any atom is -0.307 e. The number of anilines is 1. The Morgan fingerprint density at radius 2 is 2.17 bits per heavy atom. The largest absolute Gasteiger partial charge is 0.307 e. The molecule has 0 bridgehead atoms. The van der Waals surface area contributed by atoms with E-state index in [0.717, 1.165) is 4.88 Å². The summed E-state index contributed by atoms with van der Waals surface area (Å²) < 4.78 is 26.6. The highest BCUT2D eigenvalue weighted by Crippen LogP contribution is 2.17. The molecule has 0 unspecified atom stereocenters. The van der Waals surface area contributed by atoms with Crippen molar-refractivity contribution in [1.82, 2.24) is 9.71 Å². The quantitative estimate of drug-likeness (QED) is 0.560. The Balaban J connectivity index is 2.20. The third-order valence-corrected chi connectivity index (χ3v) is 4.52. The minimum absolute atomic E-state index is 0.0315. The molecule has 0 aliphatic rings. The van der Waals surface area contributed by atoms with Gasteiger partial charge in [0, 0.05) is 17.6 Å². The van der Waals surface area contributed by atoms with Crippen LogP contribution in [-0.4, -0.2) is 13.4 Å². The normalized spacial score (nSPS) is 11.4. The van der Waals surface area contributed by atoms with Crippen molar-refractivity contribution in [2.24, 2.45) is 5.84 Å². The smallest absolute Gasteiger partial charge is 0.244 e. The molecule has 0 atom stereocenters. The van der Waals surface area contributed by atoms with Gasteiger partial charge >= 0.3 is 0 Å². The number of thiophene rings is 1. The summed E-state index contributed by atoms with van der Waals surface area (Å²) in [5, 5.41) is 1.89. The van der Waals surface area contributed by atoms with E-state index in [0.29, 0.717) is 0 Å². The summed E-state index contributed by atoms with van der Waals surface area (Å²) in [6.45, 7) is 0.249. The zero-order valence-electron chi connectivity index (χ0n) is 9.33.